The highest BCUT2D eigenvalue weighted by Gasteiger charge is 2.37. The van der Waals surface area contributed by atoms with Crippen molar-refractivity contribution in [2.75, 3.05) is 24.2 Å². The van der Waals surface area contributed by atoms with Crippen LogP contribution < -0.4 is 16.0 Å². The molecule has 1 aromatic rings. The minimum absolute atomic E-state index is 0.00148. The topological polar surface area (TPSA) is 75.4 Å². The lowest BCUT2D eigenvalue weighted by Crippen LogP contribution is -2.54. The number of nitrogens with zero attached hydrogens (tertiary/aromatic N) is 1. The van der Waals surface area contributed by atoms with Gasteiger partial charge in [-0.15, -0.1) is 11.8 Å². The number of anilines is 1. The first-order valence-corrected chi connectivity index (χ1v) is 9.67. The van der Waals surface area contributed by atoms with E-state index >= 15 is 0 Å². The molecule has 132 valence electrons. The summed E-state index contributed by atoms with van der Waals surface area (Å²) in [6.07, 6.45) is 3.84. The summed E-state index contributed by atoms with van der Waals surface area (Å²) < 4.78 is 0. The minimum Gasteiger partial charge on any atom is -0.349 e. The number of hydrogen-bond acceptors (Lipinski definition) is 4. The van der Waals surface area contributed by atoms with E-state index in [0.29, 0.717) is 13.1 Å². The van der Waals surface area contributed by atoms with Crippen LogP contribution in [0.3, 0.4) is 0 Å². The maximum atomic E-state index is 12.6. The Balaban J connectivity index is 2.06. The van der Waals surface area contributed by atoms with Crippen LogP contribution in [0.2, 0.25) is 0 Å². The van der Waals surface area contributed by atoms with Crippen molar-refractivity contribution in [3.8, 4) is 0 Å². The van der Waals surface area contributed by atoms with Crippen LogP contribution in [0.15, 0.2) is 29.2 Å². The molecule has 2 amide bonds. The molecule has 24 heavy (non-hydrogen) atoms. The first kappa shape index (κ1) is 18.8. The van der Waals surface area contributed by atoms with Crippen LogP contribution in [0.4, 0.5) is 5.69 Å². The summed E-state index contributed by atoms with van der Waals surface area (Å²) in [5.41, 5.74) is 6.34. The molecule has 2 rings (SSSR count). The van der Waals surface area contributed by atoms with Crippen LogP contribution >= 0.6 is 11.8 Å². The van der Waals surface area contributed by atoms with Gasteiger partial charge in [-0.05, 0) is 43.4 Å². The van der Waals surface area contributed by atoms with E-state index in [1.807, 2.05) is 44.4 Å². The van der Waals surface area contributed by atoms with Crippen molar-refractivity contribution in [2.24, 2.45) is 11.7 Å². The van der Waals surface area contributed by atoms with E-state index in [9.17, 15) is 9.59 Å². The van der Waals surface area contributed by atoms with Crippen LogP contribution in [0.5, 0.6) is 0 Å². The van der Waals surface area contributed by atoms with Gasteiger partial charge >= 0.3 is 0 Å². The van der Waals surface area contributed by atoms with Crippen LogP contribution in [-0.4, -0.2) is 36.7 Å². The monoisotopic (exact) mass is 349 g/mol. The van der Waals surface area contributed by atoms with Crippen LogP contribution in [0.25, 0.3) is 0 Å². The molecule has 1 fully saturated rings. The molecule has 1 aromatic carbocycles. The molecule has 0 spiro atoms. The third kappa shape index (κ3) is 3.92. The Morgan fingerprint density at radius 3 is 2.46 bits per heavy atom. The van der Waals surface area contributed by atoms with E-state index in [-0.39, 0.29) is 29.7 Å². The van der Waals surface area contributed by atoms with Crippen molar-refractivity contribution in [1.82, 2.24) is 5.32 Å². The van der Waals surface area contributed by atoms with Gasteiger partial charge < -0.3 is 16.0 Å². The lowest BCUT2D eigenvalue weighted by atomic mass is 9.91. The van der Waals surface area contributed by atoms with E-state index in [1.165, 1.54) is 0 Å². The predicted molar refractivity (Wildman–Crippen MR) is 99.2 cm³/mol. The van der Waals surface area contributed by atoms with Gasteiger partial charge in [0.25, 0.3) is 0 Å². The number of nitrogens with one attached hydrogen (secondary N) is 1. The number of carbonyl (C=O) groups excluding carboxylic acids is 2. The average Bonchev–Trinajstić information content (AvgIpc) is 3.01. The van der Waals surface area contributed by atoms with Crippen molar-refractivity contribution in [3.63, 3.8) is 0 Å². The predicted octanol–water partition coefficient (Wildman–Crippen LogP) is 2.40. The fourth-order valence-corrected chi connectivity index (χ4v) is 3.43. The molecular weight excluding hydrogens is 322 g/mol. The maximum absolute atomic E-state index is 12.6. The highest BCUT2D eigenvalue weighted by molar-refractivity contribution is 7.98. The zero-order chi connectivity index (χ0) is 17.7. The molecular formula is C18H27N3O2S. The Hall–Kier alpha value is -1.53. The molecule has 6 heteroatoms. The molecule has 0 saturated carbocycles. The zero-order valence-electron chi connectivity index (χ0n) is 14.7. The number of amides is 2. The fourth-order valence-electron chi connectivity index (χ4n) is 3.02. The Morgan fingerprint density at radius 2 is 1.96 bits per heavy atom. The normalized spacial score (nSPS) is 18.1. The molecule has 0 aromatic heterocycles. The van der Waals surface area contributed by atoms with Crippen molar-refractivity contribution in [2.45, 2.75) is 43.5 Å². The number of benzene rings is 1. The summed E-state index contributed by atoms with van der Waals surface area (Å²) in [4.78, 5) is 27.8. The summed E-state index contributed by atoms with van der Waals surface area (Å²) >= 11 is 1.66. The molecule has 1 aliphatic heterocycles. The third-order valence-corrected chi connectivity index (χ3v) is 5.76. The van der Waals surface area contributed by atoms with Gasteiger partial charge in [0.2, 0.25) is 11.8 Å². The first-order chi connectivity index (χ1) is 11.5. The van der Waals surface area contributed by atoms with E-state index < -0.39 is 0 Å². The maximum Gasteiger partial charge on any atom is 0.227 e. The molecule has 1 unspecified atom stereocenters. The Kier molecular flexibility index (Phi) is 6.29. The van der Waals surface area contributed by atoms with Crippen LogP contribution in [0, 0.1) is 5.92 Å². The minimum atomic E-state index is -0.368. The van der Waals surface area contributed by atoms with Gasteiger partial charge in [0, 0.05) is 30.1 Å². The molecule has 1 heterocycles. The zero-order valence-corrected chi connectivity index (χ0v) is 15.5. The van der Waals surface area contributed by atoms with Gasteiger partial charge in [-0.2, -0.15) is 0 Å². The van der Waals surface area contributed by atoms with E-state index in [2.05, 4.69) is 5.32 Å². The van der Waals surface area contributed by atoms with Gasteiger partial charge in [-0.3, -0.25) is 9.59 Å². The van der Waals surface area contributed by atoms with Crippen molar-refractivity contribution >= 4 is 29.3 Å². The van der Waals surface area contributed by atoms with Gasteiger partial charge in [-0.1, -0.05) is 13.8 Å². The Labute approximate surface area is 148 Å². The van der Waals surface area contributed by atoms with E-state index in [4.69, 9.17) is 5.73 Å². The van der Waals surface area contributed by atoms with E-state index in [0.717, 1.165) is 23.4 Å². The molecule has 1 aliphatic rings. The molecule has 1 saturated heterocycles. The summed E-state index contributed by atoms with van der Waals surface area (Å²) in [6, 6.07) is 7.86. The second-order valence-electron chi connectivity index (χ2n) is 6.28. The number of carbonyl (C=O) groups is 2. The lowest BCUT2D eigenvalue weighted by molar-refractivity contribution is -0.128. The first-order valence-electron chi connectivity index (χ1n) is 8.45. The van der Waals surface area contributed by atoms with E-state index in [1.54, 1.807) is 16.7 Å². The lowest BCUT2D eigenvalue weighted by Gasteiger charge is -2.32. The SMILES string of the molecule is CCC(CC)(CN)NC(=O)C1CC(=O)N(c2ccc(SC)cc2)C1. The smallest absolute Gasteiger partial charge is 0.227 e. The molecule has 0 aliphatic carbocycles. The summed E-state index contributed by atoms with van der Waals surface area (Å²) in [5, 5.41) is 3.09. The highest BCUT2D eigenvalue weighted by Crippen LogP contribution is 2.28. The second kappa shape index (κ2) is 8.03. The van der Waals surface area contributed by atoms with Gasteiger partial charge in [-0.25, -0.2) is 0 Å². The average molecular weight is 350 g/mol. The highest BCUT2D eigenvalue weighted by atomic mass is 32.2. The molecule has 1 atom stereocenters. The third-order valence-electron chi connectivity index (χ3n) is 5.01. The molecule has 3 N–H and O–H groups in total. The van der Waals surface area contributed by atoms with Crippen molar-refractivity contribution < 1.29 is 9.59 Å². The van der Waals surface area contributed by atoms with Gasteiger partial charge in [0.05, 0.1) is 11.5 Å². The van der Waals surface area contributed by atoms with Crippen LogP contribution in [0.1, 0.15) is 33.1 Å². The summed E-state index contributed by atoms with van der Waals surface area (Å²) in [7, 11) is 0. The van der Waals surface area contributed by atoms with Gasteiger partial charge in [0.1, 0.15) is 0 Å². The number of hydrogen-bond donors (Lipinski definition) is 2. The quantitative estimate of drug-likeness (QED) is 0.741. The number of thioether (sulfide) groups is 1. The number of nitrogens with two attached hydrogens (primary N) is 1. The Morgan fingerprint density at radius 1 is 1.33 bits per heavy atom. The standard InChI is InChI=1S/C18H27N3O2S/c1-4-18(5-2,12-19)20-17(23)13-10-16(22)21(11-13)14-6-8-15(24-3)9-7-14/h6-9,13H,4-5,10-12,19H2,1-3H3,(H,20,23). The number of rotatable bonds is 7. The molecule has 0 bridgehead atoms. The largest absolute Gasteiger partial charge is 0.349 e. The fraction of sp³-hybridized carbons (Fsp3) is 0.556. The molecule has 0 radical (unpaired) electrons. The molecule has 5 nitrogen and oxygen atoms in total. The van der Waals surface area contributed by atoms with Gasteiger partial charge in [0.15, 0.2) is 0 Å². The second-order valence-corrected chi connectivity index (χ2v) is 7.16. The van der Waals surface area contributed by atoms with Crippen LogP contribution in [-0.2, 0) is 9.59 Å². The summed E-state index contributed by atoms with van der Waals surface area (Å²) in [5.74, 6) is -0.388. The summed E-state index contributed by atoms with van der Waals surface area (Å²) in [6.45, 7) is 4.88. The Bertz CT molecular complexity index is 576. The van der Waals surface area contributed by atoms with Crippen molar-refractivity contribution in [3.05, 3.63) is 24.3 Å². The van der Waals surface area contributed by atoms with Crippen molar-refractivity contribution in [1.29, 1.82) is 0 Å².